The number of H-pyrrole nitrogens is 1. The van der Waals surface area contributed by atoms with Gasteiger partial charge in [-0.15, -0.1) is 0 Å². The second-order valence-electron chi connectivity index (χ2n) is 9.43. The van der Waals surface area contributed by atoms with E-state index >= 15 is 8.78 Å². The fourth-order valence-corrected chi connectivity index (χ4v) is 5.10. The number of fused-ring (bicyclic) bond motifs is 1. The van der Waals surface area contributed by atoms with Gasteiger partial charge >= 0.3 is 0 Å². The Hall–Kier alpha value is -3.56. The normalized spacial score (nSPS) is 14.2. The number of hydrogen-bond acceptors (Lipinski definition) is 3. The van der Waals surface area contributed by atoms with Crippen LogP contribution >= 0.6 is 11.6 Å². The molecular formula is C29H30ClF3N4O2. The third-order valence-corrected chi connectivity index (χ3v) is 7.14. The number of hydrogen-bond donors (Lipinski definition) is 3. The topological polar surface area (TPSA) is 77.2 Å². The summed E-state index contributed by atoms with van der Waals surface area (Å²) in [7, 11) is 0. The van der Waals surface area contributed by atoms with Crippen molar-refractivity contribution in [2.75, 3.05) is 31.5 Å². The Balaban J connectivity index is 1.81. The number of carbonyl (C=O) groups excluding carboxylic acids is 2. The molecule has 6 nitrogen and oxygen atoms in total. The van der Waals surface area contributed by atoms with Crippen LogP contribution in [0.25, 0.3) is 22.8 Å². The van der Waals surface area contributed by atoms with Gasteiger partial charge in [-0.2, -0.15) is 0 Å². The summed E-state index contributed by atoms with van der Waals surface area (Å²) in [6.45, 7) is 8.72. The van der Waals surface area contributed by atoms with Crippen LogP contribution in [0.4, 0.5) is 18.9 Å². The number of aryl methyl sites for hydroxylation is 1. The van der Waals surface area contributed by atoms with Crippen LogP contribution in [0.1, 0.15) is 53.6 Å². The molecule has 1 aromatic heterocycles. The van der Waals surface area contributed by atoms with E-state index in [1.807, 2.05) is 13.8 Å². The van der Waals surface area contributed by atoms with E-state index in [1.165, 1.54) is 25.1 Å². The molecule has 0 fully saturated rings. The van der Waals surface area contributed by atoms with Crippen molar-refractivity contribution in [2.24, 2.45) is 0 Å². The number of halogens is 4. The van der Waals surface area contributed by atoms with Crippen LogP contribution in [-0.2, 0) is 10.7 Å². The first-order valence-electron chi connectivity index (χ1n) is 12.7. The summed E-state index contributed by atoms with van der Waals surface area (Å²) in [6.07, 6.45) is 1.29. The van der Waals surface area contributed by atoms with E-state index < -0.39 is 29.1 Å². The number of rotatable bonds is 9. The Morgan fingerprint density at radius 3 is 2.46 bits per heavy atom. The molecule has 39 heavy (non-hydrogen) atoms. The summed E-state index contributed by atoms with van der Waals surface area (Å²) < 4.78 is 45.0. The maximum atomic E-state index is 15.0. The van der Waals surface area contributed by atoms with Crippen LogP contribution in [0.5, 0.6) is 0 Å². The fraction of sp³-hybridized carbons (Fsp3) is 0.310. The lowest BCUT2D eigenvalue weighted by molar-refractivity contribution is -0.110. The third-order valence-electron chi connectivity index (χ3n) is 6.85. The van der Waals surface area contributed by atoms with Crippen molar-refractivity contribution >= 4 is 40.8 Å². The molecule has 0 spiro atoms. The quantitative estimate of drug-likeness (QED) is 0.264. The number of benzene rings is 2. The van der Waals surface area contributed by atoms with Crippen LogP contribution < -0.4 is 10.6 Å². The number of carbonyl (C=O) groups is 2. The molecule has 206 valence electrons. The predicted molar refractivity (Wildman–Crippen MR) is 149 cm³/mol. The zero-order chi connectivity index (χ0) is 28.5. The van der Waals surface area contributed by atoms with Crippen molar-refractivity contribution in [3.63, 3.8) is 0 Å². The molecule has 0 atom stereocenters. The standard InChI is InChI=1S/C29H30ClF3N4O2/c1-5-37(6-2)14-13-34-28(39)23-16(3)35-22(25(23)29(4,32)33)15-19-24-17(9-8-12-21(24)36-27(19)38)18-10-7-11-20(30)26(18)31/h7-12,15,35H,5-6,13-14H2,1-4H3,(H,34,39)(H,36,38)/b19-15-. The molecule has 0 aliphatic carbocycles. The van der Waals surface area contributed by atoms with E-state index in [0.717, 1.165) is 13.1 Å². The number of aromatic nitrogens is 1. The van der Waals surface area contributed by atoms with Gasteiger partial charge in [0.25, 0.3) is 17.7 Å². The number of nitrogens with one attached hydrogen (secondary N) is 3. The third kappa shape index (κ3) is 5.60. The van der Waals surface area contributed by atoms with Crippen LogP contribution in [-0.4, -0.2) is 47.9 Å². The first-order chi connectivity index (χ1) is 18.5. The van der Waals surface area contributed by atoms with Crippen molar-refractivity contribution in [1.29, 1.82) is 0 Å². The summed E-state index contributed by atoms with van der Waals surface area (Å²) in [5.74, 6) is -5.23. The average molecular weight is 559 g/mol. The molecule has 4 rings (SSSR count). The van der Waals surface area contributed by atoms with Gasteiger partial charge in [0.1, 0.15) is 5.82 Å². The Morgan fingerprint density at radius 1 is 1.13 bits per heavy atom. The molecule has 0 bridgehead atoms. The van der Waals surface area contributed by atoms with Gasteiger partial charge in [-0.25, -0.2) is 13.2 Å². The van der Waals surface area contributed by atoms with Gasteiger partial charge in [0.2, 0.25) is 0 Å². The monoisotopic (exact) mass is 558 g/mol. The lowest BCUT2D eigenvalue weighted by Crippen LogP contribution is -2.35. The minimum atomic E-state index is -3.40. The van der Waals surface area contributed by atoms with E-state index in [2.05, 4.69) is 20.5 Å². The maximum absolute atomic E-state index is 15.0. The largest absolute Gasteiger partial charge is 0.358 e. The number of alkyl halides is 2. The number of aromatic amines is 1. The Morgan fingerprint density at radius 2 is 1.79 bits per heavy atom. The Kier molecular flexibility index (Phi) is 8.23. The molecule has 0 saturated heterocycles. The van der Waals surface area contributed by atoms with Crippen LogP contribution in [0.3, 0.4) is 0 Å². The molecule has 10 heteroatoms. The van der Waals surface area contributed by atoms with E-state index in [4.69, 9.17) is 11.6 Å². The lowest BCUT2D eigenvalue weighted by atomic mass is 9.93. The highest BCUT2D eigenvalue weighted by Gasteiger charge is 2.37. The second kappa shape index (κ2) is 11.3. The van der Waals surface area contributed by atoms with Gasteiger partial charge < -0.3 is 20.5 Å². The Bertz CT molecular complexity index is 1460. The van der Waals surface area contributed by atoms with Crippen molar-refractivity contribution in [1.82, 2.24) is 15.2 Å². The molecule has 0 saturated carbocycles. The molecule has 0 unspecified atom stereocenters. The van der Waals surface area contributed by atoms with Gasteiger partial charge in [-0.05, 0) is 43.8 Å². The van der Waals surface area contributed by atoms with E-state index in [9.17, 15) is 14.0 Å². The maximum Gasteiger partial charge on any atom is 0.273 e. The second-order valence-corrected chi connectivity index (χ2v) is 9.83. The van der Waals surface area contributed by atoms with Gasteiger partial charge in [0.15, 0.2) is 0 Å². The van der Waals surface area contributed by atoms with Crippen molar-refractivity contribution in [3.8, 4) is 11.1 Å². The minimum absolute atomic E-state index is 0.0558. The van der Waals surface area contributed by atoms with E-state index in [-0.39, 0.29) is 33.1 Å². The molecule has 1 aliphatic heterocycles. The van der Waals surface area contributed by atoms with E-state index in [1.54, 1.807) is 24.3 Å². The molecular weight excluding hydrogens is 529 g/mol. The number of nitrogens with zero attached hydrogens (tertiary/aromatic N) is 1. The highest BCUT2D eigenvalue weighted by atomic mass is 35.5. The summed E-state index contributed by atoms with van der Waals surface area (Å²) in [5.41, 5.74) is 0.845. The molecule has 1 aliphatic rings. The smallest absolute Gasteiger partial charge is 0.273 e. The zero-order valence-electron chi connectivity index (χ0n) is 22.1. The molecule has 0 radical (unpaired) electrons. The summed E-state index contributed by atoms with van der Waals surface area (Å²) in [5, 5.41) is 5.37. The van der Waals surface area contributed by atoms with Crippen LogP contribution in [0.2, 0.25) is 5.02 Å². The van der Waals surface area contributed by atoms with Crippen molar-refractivity contribution in [2.45, 2.75) is 33.6 Å². The average Bonchev–Trinajstić information content (AvgIpc) is 3.39. The summed E-state index contributed by atoms with van der Waals surface area (Å²) >= 11 is 6.00. The van der Waals surface area contributed by atoms with Crippen molar-refractivity contribution < 1.29 is 22.8 Å². The lowest BCUT2D eigenvalue weighted by Gasteiger charge is -2.18. The van der Waals surface area contributed by atoms with Gasteiger partial charge in [0, 0.05) is 48.2 Å². The number of likely N-dealkylation sites (N-methyl/N-ethyl adjacent to an activating group) is 1. The molecule has 2 amide bonds. The minimum Gasteiger partial charge on any atom is -0.358 e. The van der Waals surface area contributed by atoms with E-state index in [0.29, 0.717) is 36.8 Å². The molecule has 2 heterocycles. The highest BCUT2D eigenvalue weighted by molar-refractivity contribution is 6.36. The molecule has 2 aromatic carbocycles. The summed E-state index contributed by atoms with van der Waals surface area (Å²) in [4.78, 5) is 31.1. The highest BCUT2D eigenvalue weighted by Crippen LogP contribution is 2.43. The molecule has 3 N–H and O–H groups in total. The number of amides is 2. The summed E-state index contributed by atoms with van der Waals surface area (Å²) in [6, 6.07) is 9.46. The first-order valence-corrected chi connectivity index (χ1v) is 13.1. The Labute approximate surface area is 230 Å². The van der Waals surface area contributed by atoms with Crippen LogP contribution in [0.15, 0.2) is 36.4 Å². The van der Waals surface area contributed by atoms with Crippen LogP contribution in [0, 0.1) is 12.7 Å². The predicted octanol–water partition coefficient (Wildman–Crippen LogP) is 6.46. The van der Waals surface area contributed by atoms with Gasteiger partial charge in [0.05, 0.1) is 21.7 Å². The fourth-order valence-electron chi connectivity index (χ4n) is 4.92. The first kappa shape index (κ1) is 28.4. The molecule has 3 aromatic rings. The van der Waals surface area contributed by atoms with Crippen molar-refractivity contribution in [3.05, 3.63) is 75.3 Å². The SMILES string of the molecule is CCN(CC)CCNC(=O)c1c(C)[nH]c(/C=C2\C(=O)Nc3cccc(-c4cccc(Cl)c4F)c32)c1C(C)(F)F. The van der Waals surface area contributed by atoms with Gasteiger partial charge in [-0.3, -0.25) is 9.59 Å². The van der Waals surface area contributed by atoms with Gasteiger partial charge in [-0.1, -0.05) is 49.7 Å². The number of anilines is 1. The zero-order valence-corrected chi connectivity index (χ0v) is 22.9.